The maximum Gasteiger partial charge on any atom is 0.305 e. The number of unbranched alkanes of at least 4 members (excludes halogenated alkanes) is 21. The van der Waals surface area contributed by atoms with Gasteiger partial charge >= 0.3 is 5.97 Å². The van der Waals surface area contributed by atoms with E-state index in [4.69, 9.17) is 4.74 Å². The van der Waals surface area contributed by atoms with Crippen molar-refractivity contribution in [2.75, 3.05) is 32.8 Å². The molecule has 0 aliphatic carbocycles. The fourth-order valence-corrected chi connectivity index (χ4v) is 6.65. The summed E-state index contributed by atoms with van der Waals surface area (Å²) in [7, 11) is 0. The first-order valence-corrected chi connectivity index (χ1v) is 20.7. The SMILES string of the molecule is CCCCCCCCCCCCC(O)CN(CCCO)CCCCCCCC(=O)OCC(CCCCCCC)CCCCCCC. The highest BCUT2D eigenvalue weighted by Gasteiger charge is 2.13. The highest BCUT2D eigenvalue weighted by Crippen LogP contribution is 2.20. The van der Waals surface area contributed by atoms with Crippen molar-refractivity contribution in [2.45, 2.75) is 219 Å². The number of aliphatic hydroxyl groups is 2. The lowest BCUT2D eigenvalue weighted by molar-refractivity contribution is -0.145. The third-order valence-electron chi connectivity index (χ3n) is 9.76. The third-order valence-corrected chi connectivity index (χ3v) is 9.76. The molecule has 276 valence electrons. The van der Waals surface area contributed by atoms with Gasteiger partial charge in [0.15, 0.2) is 0 Å². The van der Waals surface area contributed by atoms with Gasteiger partial charge in [0, 0.05) is 26.1 Å². The van der Waals surface area contributed by atoms with Gasteiger partial charge in [-0.05, 0) is 51.0 Å². The molecular weight excluding hydrogens is 570 g/mol. The molecule has 1 unspecified atom stereocenters. The maximum atomic E-state index is 12.5. The first-order valence-electron chi connectivity index (χ1n) is 20.7. The van der Waals surface area contributed by atoms with Gasteiger partial charge in [0.2, 0.25) is 0 Å². The molecule has 0 amide bonds. The van der Waals surface area contributed by atoms with Gasteiger partial charge in [0.1, 0.15) is 0 Å². The molecule has 1 atom stereocenters. The van der Waals surface area contributed by atoms with Crippen LogP contribution in [0.3, 0.4) is 0 Å². The zero-order valence-electron chi connectivity index (χ0n) is 31.6. The van der Waals surface area contributed by atoms with E-state index in [1.165, 1.54) is 135 Å². The lowest BCUT2D eigenvalue weighted by Crippen LogP contribution is -2.34. The third kappa shape index (κ3) is 33.3. The number of rotatable bonds is 38. The zero-order chi connectivity index (χ0) is 33.8. The summed E-state index contributed by atoms with van der Waals surface area (Å²) < 4.78 is 5.77. The molecule has 0 aromatic heterocycles. The van der Waals surface area contributed by atoms with E-state index in [1.807, 2.05) is 0 Å². The van der Waals surface area contributed by atoms with Crippen LogP contribution in [0.1, 0.15) is 213 Å². The molecule has 0 saturated heterocycles. The summed E-state index contributed by atoms with van der Waals surface area (Å²) in [5, 5.41) is 20.0. The lowest BCUT2D eigenvalue weighted by Gasteiger charge is -2.25. The van der Waals surface area contributed by atoms with Crippen molar-refractivity contribution in [3.63, 3.8) is 0 Å². The van der Waals surface area contributed by atoms with Crippen LogP contribution >= 0.6 is 0 Å². The summed E-state index contributed by atoms with van der Waals surface area (Å²) in [6.07, 6.45) is 36.0. The molecule has 0 fully saturated rings. The topological polar surface area (TPSA) is 70.0 Å². The first kappa shape index (κ1) is 45.3. The monoisotopic (exact) mass is 654 g/mol. The van der Waals surface area contributed by atoms with Gasteiger partial charge in [-0.15, -0.1) is 0 Å². The fraction of sp³-hybridized carbons (Fsp3) is 0.976. The van der Waals surface area contributed by atoms with E-state index in [2.05, 4.69) is 25.7 Å². The summed E-state index contributed by atoms with van der Waals surface area (Å²) in [6.45, 7) is 10.2. The number of hydrogen-bond donors (Lipinski definition) is 2. The van der Waals surface area contributed by atoms with E-state index in [-0.39, 0.29) is 18.7 Å². The maximum absolute atomic E-state index is 12.5. The molecule has 0 rings (SSSR count). The predicted octanol–water partition coefficient (Wildman–Crippen LogP) is 11.6. The molecule has 5 nitrogen and oxygen atoms in total. The van der Waals surface area contributed by atoms with Crippen molar-refractivity contribution in [3.05, 3.63) is 0 Å². The van der Waals surface area contributed by atoms with E-state index < -0.39 is 0 Å². The summed E-state index contributed by atoms with van der Waals surface area (Å²) in [4.78, 5) is 14.8. The van der Waals surface area contributed by atoms with Gasteiger partial charge in [-0.2, -0.15) is 0 Å². The summed E-state index contributed by atoms with van der Waals surface area (Å²) in [6, 6.07) is 0. The number of carbonyl (C=O) groups excluding carboxylic acids is 1. The summed E-state index contributed by atoms with van der Waals surface area (Å²) in [5.41, 5.74) is 0. The van der Waals surface area contributed by atoms with Crippen molar-refractivity contribution in [1.29, 1.82) is 0 Å². The number of esters is 1. The Morgan fingerprint density at radius 2 is 0.957 bits per heavy atom. The van der Waals surface area contributed by atoms with Gasteiger partial charge in [-0.1, -0.05) is 168 Å². The second kappa shape index (κ2) is 37.2. The molecular formula is C41H83NO4. The van der Waals surface area contributed by atoms with Crippen LogP contribution < -0.4 is 0 Å². The minimum absolute atomic E-state index is 0.00598. The standard InChI is InChI=1S/C41H83NO4/c1-4-7-10-13-14-15-16-17-21-26-32-40(44)37-42(35-29-36-43)34-28-23-18-22-27-33-41(45)46-38-39(30-24-19-11-8-5-2)31-25-20-12-9-6-3/h39-40,43-44H,4-38H2,1-3H3. The summed E-state index contributed by atoms with van der Waals surface area (Å²) in [5.74, 6) is 0.531. The molecule has 0 spiro atoms. The Hall–Kier alpha value is -0.650. The van der Waals surface area contributed by atoms with Crippen LogP contribution in [-0.4, -0.2) is 60.0 Å². The van der Waals surface area contributed by atoms with Crippen LogP contribution in [0.5, 0.6) is 0 Å². The second-order valence-corrected chi connectivity index (χ2v) is 14.5. The molecule has 0 bridgehead atoms. The molecule has 0 heterocycles. The quantitative estimate of drug-likeness (QED) is 0.0512. The van der Waals surface area contributed by atoms with Gasteiger partial charge in [-0.25, -0.2) is 0 Å². The lowest BCUT2D eigenvalue weighted by atomic mass is 9.95. The molecule has 46 heavy (non-hydrogen) atoms. The predicted molar refractivity (Wildman–Crippen MR) is 200 cm³/mol. The Morgan fingerprint density at radius 1 is 0.543 bits per heavy atom. The largest absolute Gasteiger partial charge is 0.465 e. The molecule has 0 aromatic rings. The van der Waals surface area contributed by atoms with E-state index in [9.17, 15) is 15.0 Å². The van der Waals surface area contributed by atoms with Crippen LogP contribution in [0.4, 0.5) is 0 Å². The number of carbonyl (C=O) groups is 1. The molecule has 2 N–H and O–H groups in total. The van der Waals surface area contributed by atoms with Crippen molar-refractivity contribution < 1.29 is 19.7 Å². The van der Waals surface area contributed by atoms with Crippen molar-refractivity contribution in [2.24, 2.45) is 5.92 Å². The molecule has 0 radical (unpaired) electrons. The average Bonchev–Trinajstić information content (AvgIpc) is 3.05. The van der Waals surface area contributed by atoms with E-state index in [0.29, 0.717) is 18.9 Å². The number of nitrogens with zero attached hydrogens (tertiary/aromatic N) is 1. The highest BCUT2D eigenvalue weighted by molar-refractivity contribution is 5.69. The highest BCUT2D eigenvalue weighted by atomic mass is 16.5. The number of aliphatic hydroxyl groups excluding tert-OH is 2. The Kier molecular flexibility index (Phi) is 36.6. The van der Waals surface area contributed by atoms with E-state index in [1.54, 1.807) is 0 Å². The Bertz CT molecular complexity index is 587. The van der Waals surface area contributed by atoms with Crippen LogP contribution in [0.25, 0.3) is 0 Å². The normalized spacial score (nSPS) is 12.4. The van der Waals surface area contributed by atoms with Crippen molar-refractivity contribution >= 4 is 5.97 Å². The van der Waals surface area contributed by atoms with Crippen LogP contribution in [0, 0.1) is 5.92 Å². The molecule has 5 heteroatoms. The molecule has 0 saturated carbocycles. The molecule has 0 aliphatic rings. The van der Waals surface area contributed by atoms with Crippen LogP contribution in [-0.2, 0) is 9.53 Å². The van der Waals surface area contributed by atoms with Gasteiger partial charge in [-0.3, -0.25) is 4.79 Å². The van der Waals surface area contributed by atoms with Gasteiger partial charge < -0.3 is 19.8 Å². The minimum atomic E-state index is -0.263. The van der Waals surface area contributed by atoms with Crippen molar-refractivity contribution in [1.82, 2.24) is 4.90 Å². The second-order valence-electron chi connectivity index (χ2n) is 14.5. The molecule has 0 aromatic carbocycles. The average molecular weight is 654 g/mol. The Balaban J connectivity index is 4.05. The fourth-order valence-electron chi connectivity index (χ4n) is 6.65. The van der Waals surface area contributed by atoms with Gasteiger partial charge in [0.05, 0.1) is 12.7 Å². The minimum Gasteiger partial charge on any atom is -0.465 e. The van der Waals surface area contributed by atoms with E-state index >= 15 is 0 Å². The first-order chi connectivity index (χ1) is 22.6. The van der Waals surface area contributed by atoms with Crippen molar-refractivity contribution in [3.8, 4) is 0 Å². The van der Waals surface area contributed by atoms with Gasteiger partial charge in [0.25, 0.3) is 0 Å². The number of ether oxygens (including phenoxy) is 1. The number of hydrogen-bond acceptors (Lipinski definition) is 5. The smallest absolute Gasteiger partial charge is 0.305 e. The van der Waals surface area contributed by atoms with E-state index in [0.717, 1.165) is 71.0 Å². The Morgan fingerprint density at radius 3 is 1.46 bits per heavy atom. The summed E-state index contributed by atoms with van der Waals surface area (Å²) >= 11 is 0. The van der Waals surface area contributed by atoms with Crippen LogP contribution in [0.2, 0.25) is 0 Å². The van der Waals surface area contributed by atoms with Crippen LogP contribution in [0.15, 0.2) is 0 Å². The zero-order valence-corrected chi connectivity index (χ0v) is 31.6. The molecule has 0 aliphatic heterocycles. The Labute approximate surface area is 288 Å².